The highest BCUT2D eigenvalue weighted by atomic mass is 127. The molecule has 30 heavy (non-hydrogen) atoms. The minimum Gasteiger partial charge on any atom is -0.357 e. The first-order valence-corrected chi connectivity index (χ1v) is 11.6. The van der Waals surface area contributed by atoms with Crippen LogP contribution in [0.25, 0.3) is 0 Å². The Morgan fingerprint density at radius 2 is 1.90 bits per heavy atom. The first kappa shape index (κ1) is 24.5. The van der Waals surface area contributed by atoms with E-state index in [1.807, 2.05) is 13.0 Å². The van der Waals surface area contributed by atoms with Crippen LogP contribution in [0.4, 0.5) is 8.78 Å². The molecule has 1 aliphatic carbocycles. The van der Waals surface area contributed by atoms with Crippen molar-refractivity contribution in [3.05, 3.63) is 70.8 Å². The van der Waals surface area contributed by atoms with Gasteiger partial charge in [0.1, 0.15) is 11.6 Å². The van der Waals surface area contributed by atoms with Gasteiger partial charge in [0.05, 0.1) is 12.3 Å². The quantitative estimate of drug-likeness (QED) is 0.314. The molecule has 2 aromatic rings. The molecule has 5 nitrogen and oxygen atoms in total. The number of sulfone groups is 1. The number of nitrogens with zero attached hydrogens (tertiary/aromatic N) is 1. The number of hydrogen-bond acceptors (Lipinski definition) is 3. The minimum atomic E-state index is -3.25. The smallest absolute Gasteiger partial charge is 0.191 e. The van der Waals surface area contributed by atoms with Crippen LogP contribution < -0.4 is 10.6 Å². The lowest BCUT2D eigenvalue weighted by molar-refractivity contribution is 0.600. The van der Waals surface area contributed by atoms with Crippen molar-refractivity contribution in [2.45, 2.75) is 37.6 Å². The molecule has 0 saturated heterocycles. The van der Waals surface area contributed by atoms with Crippen molar-refractivity contribution in [2.24, 2.45) is 4.99 Å². The number of hydrogen-bond donors (Lipinski definition) is 2. The van der Waals surface area contributed by atoms with Gasteiger partial charge in [0.2, 0.25) is 0 Å². The zero-order chi connectivity index (χ0) is 21.0. The van der Waals surface area contributed by atoms with Gasteiger partial charge in [-0.1, -0.05) is 24.3 Å². The average Bonchev–Trinajstić information content (AvgIpc) is 3.40. The van der Waals surface area contributed by atoms with E-state index < -0.39 is 15.7 Å². The highest BCUT2D eigenvalue weighted by Gasteiger charge is 2.40. The predicted octanol–water partition coefficient (Wildman–Crippen LogP) is 3.74. The molecule has 2 N–H and O–H groups in total. The number of aliphatic imine (C=N–C) groups is 1. The lowest BCUT2D eigenvalue weighted by atomic mass is 10.1. The van der Waals surface area contributed by atoms with Crippen molar-refractivity contribution in [3.8, 4) is 0 Å². The van der Waals surface area contributed by atoms with E-state index in [-0.39, 0.29) is 54.1 Å². The van der Waals surface area contributed by atoms with Crippen molar-refractivity contribution in [3.63, 3.8) is 0 Å². The van der Waals surface area contributed by atoms with Crippen molar-refractivity contribution < 1.29 is 17.2 Å². The largest absolute Gasteiger partial charge is 0.357 e. The van der Waals surface area contributed by atoms with Gasteiger partial charge >= 0.3 is 0 Å². The molecule has 0 amide bonds. The monoisotopic (exact) mass is 549 g/mol. The fraction of sp³-hybridized carbons (Fsp3) is 0.381. The van der Waals surface area contributed by atoms with Gasteiger partial charge in [-0.15, -0.1) is 24.0 Å². The number of benzene rings is 2. The normalized spacial score (nSPS) is 18.5. The fourth-order valence-corrected chi connectivity index (χ4v) is 4.15. The molecule has 0 radical (unpaired) electrons. The second kappa shape index (κ2) is 10.5. The second-order valence-electron chi connectivity index (χ2n) is 7.29. The number of guanidine groups is 1. The van der Waals surface area contributed by atoms with Gasteiger partial charge in [0.15, 0.2) is 15.8 Å². The number of halogens is 3. The third-order valence-corrected chi connectivity index (χ3v) is 5.59. The van der Waals surface area contributed by atoms with E-state index in [1.54, 1.807) is 12.1 Å². The molecular formula is C21H26F2IN3O2S. The molecule has 0 bridgehead atoms. The molecule has 1 aliphatic rings. The van der Waals surface area contributed by atoms with E-state index in [2.05, 4.69) is 15.6 Å². The molecule has 1 saturated carbocycles. The van der Waals surface area contributed by atoms with Crippen molar-refractivity contribution in [1.29, 1.82) is 0 Å². The Kier molecular flexibility index (Phi) is 8.60. The van der Waals surface area contributed by atoms with Gasteiger partial charge in [0.25, 0.3) is 0 Å². The summed E-state index contributed by atoms with van der Waals surface area (Å²) >= 11 is 0. The summed E-state index contributed by atoms with van der Waals surface area (Å²) in [5, 5.41) is 6.41. The first-order valence-electron chi connectivity index (χ1n) is 9.51. The van der Waals surface area contributed by atoms with E-state index in [4.69, 9.17) is 0 Å². The molecule has 2 unspecified atom stereocenters. The van der Waals surface area contributed by atoms with Crippen LogP contribution in [0, 0.1) is 11.6 Å². The van der Waals surface area contributed by atoms with Crippen LogP contribution >= 0.6 is 24.0 Å². The van der Waals surface area contributed by atoms with Crippen LogP contribution in [0.15, 0.2) is 47.5 Å². The van der Waals surface area contributed by atoms with Gasteiger partial charge in [-0.25, -0.2) is 22.2 Å². The van der Waals surface area contributed by atoms with Crippen LogP contribution in [-0.2, 0) is 22.1 Å². The van der Waals surface area contributed by atoms with E-state index in [9.17, 15) is 17.2 Å². The third kappa shape index (κ3) is 6.90. The Hall–Kier alpha value is -1.75. The maximum absolute atomic E-state index is 14.0. The lowest BCUT2D eigenvalue weighted by Crippen LogP contribution is -2.39. The zero-order valence-corrected chi connectivity index (χ0v) is 20.0. The summed E-state index contributed by atoms with van der Waals surface area (Å²) in [6.45, 7) is 2.69. The van der Waals surface area contributed by atoms with Gasteiger partial charge in [-0.3, -0.25) is 0 Å². The van der Waals surface area contributed by atoms with Gasteiger partial charge < -0.3 is 10.6 Å². The molecule has 1 fully saturated rings. The van der Waals surface area contributed by atoms with Gasteiger partial charge in [-0.2, -0.15) is 0 Å². The van der Waals surface area contributed by atoms with Crippen LogP contribution in [0.5, 0.6) is 0 Å². The first-order chi connectivity index (χ1) is 13.8. The number of rotatable bonds is 7. The van der Waals surface area contributed by atoms with Crippen molar-refractivity contribution in [2.75, 3.05) is 12.8 Å². The average molecular weight is 549 g/mol. The van der Waals surface area contributed by atoms with E-state index in [0.29, 0.717) is 29.2 Å². The molecule has 2 aromatic carbocycles. The highest BCUT2D eigenvalue weighted by molar-refractivity contribution is 14.0. The standard InChI is InChI=1S/C21H25F2N3O2S.HI/c1-3-24-21(26-20-11-18(20)17-6-4-5-7-19(17)23)25-12-15-10-16(22)9-8-14(15)13-29(2,27)28;/h4-10,18,20H,3,11-13H2,1-2H3,(H2,24,25,26);1H. The van der Waals surface area contributed by atoms with Gasteiger partial charge in [0, 0.05) is 24.8 Å². The van der Waals surface area contributed by atoms with E-state index in [1.165, 1.54) is 24.3 Å². The topological polar surface area (TPSA) is 70.6 Å². The van der Waals surface area contributed by atoms with E-state index >= 15 is 0 Å². The summed E-state index contributed by atoms with van der Waals surface area (Å²) in [6.07, 6.45) is 1.94. The molecule has 0 spiro atoms. The molecule has 2 atom stereocenters. The molecular weight excluding hydrogens is 523 g/mol. The Labute approximate surface area is 193 Å². The van der Waals surface area contributed by atoms with Crippen molar-refractivity contribution >= 4 is 39.8 Å². The number of nitrogens with one attached hydrogen (secondary N) is 2. The van der Waals surface area contributed by atoms with Crippen LogP contribution in [0.2, 0.25) is 0 Å². The summed E-state index contributed by atoms with van der Waals surface area (Å²) in [7, 11) is -3.25. The maximum Gasteiger partial charge on any atom is 0.191 e. The van der Waals surface area contributed by atoms with Crippen LogP contribution in [0.1, 0.15) is 36.0 Å². The SMILES string of the molecule is CCNC(=NCc1cc(F)ccc1CS(C)(=O)=O)NC1CC1c1ccccc1F.I. The maximum atomic E-state index is 14.0. The summed E-state index contributed by atoms with van der Waals surface area (Å²) in [5.41, 5.74) is 1.74. The summed E-state index contributed by atoms with van der Waals surface area (Å²) in [5.74, 6) is -0.206. The molecule has 0 heterocycles. The fourth-order valence-electron chi connectivity index (χ4n) is 3.30. The molecule has 0 aromatic heterocycles. The third-order valence-electron chi connectivity index (χ3n) is 4.75. The Bertz CT molecular complexity index is 1020. The molecule has 9 heteroatoms. The van der Waals surface area contributed by atoms with Crippen molar-refractivity contribution in [1.82, 2.24) is 10.6 Å². The Balaban J connectivity index is 0.00000320. The summed E-state index contributed by atoms with van der Waals surface area (Å²) in [6, 6.07) is 10.8. The molecule has 3 rings (SSSR count). The predicted molar refractivity (Wildman–Crippen MR) is 126 cm³/mol. The van der Waals surface area contributed by atoms with Crippen LogP contribution in [-0.4, -0.2) is 33.2 Å². The Morgan fingerprint density at radius 3 is 2.57 bits per heavy atom. The second-order valence-corrected chi connectivity index (χ2v) is 9.43. The van der Waals surface area contributed by atoms with Gasteiger partial charge in [-0.05, 0) is 48.2 Å². The molecule has 164 valence electrons. The minimum absolute atomic E-state index is 0. The van der Waals surface area contributed by atoms with Crippen LogP contribution in [0.3, 0.4) is 0 Å². The zero-order valence-electron chi connectivity index (χ0n) is 16.9. The lowest BCUT2D eigenvalue weighted by Gasteiger charge is -2.13. The van der Waals surface area contributed by atoms with E-state index in [0.717, 1.165) is 12.7 Å². The highest BCUT2D eigenvalue weighted by Crippen LogP contribution is 2.41. The summed E-state index contributed by atoms with van der Waals surface area (Å²) in [4.78, 5) is 4.49. The molecule has 0 aliphatic heterocycles. The Morgan fingerprint density at radius 1 is 1.17 bits per heavy atom. The summed E-state index contributed by atoms with van der Waals surface area (Å²) < 4.78 is 50.9.